The van der Waals surface area contributed by atoms with Crippen LogP contribution >= 0.6 is 11.3 Å². The fraction of sp³-hybridized carbons (Fsp3) is 0.190. The first-order chi connectivity index (χ1) is 12.8. The Morgan fingerprint density at radius 2 is 1.65 bits per heavy atom. The lowest BCUT2D eigenvalue weighted by atomic mass is 10.1. The average Bonchev–Trinajstić information content (AvgIpc) is 3.21. The van der Waals surface area contributed by atoms with Crippen LogP contribution in [0.1, 0.15) is 23.4 Å². The molecule has 0 aliphatic rings. The molecule has 4 nitrogen and oxygen atoms in total. The molecule has 26 heavy (non-hydrogen) atoms. The molecule has 1 heterocycles. The molecular formula is C21H21NO3S. The predicted octanol–water partition coefficient (Wildman–Crippen LogP) is 4.43. The molecule has 3 aromatic rings. The average molecular weight is 367 g/mol. The van der Waals surface area contributed by atoms with Crippen LogP contribution in [0.4, 0.5) is 0 Å². The van der Waals surface area contributed by atoms with Gasteiger partial charge in [0.2, 0.25) is 0 Å². The van der Waals surface area contributed by atoms with Gasteiger partial charge in [0.05, 0.1) is 12.6 Å². The maximum Gasteiger partial charge on any atom is 0.258 e. The number of para-hydroxylation sites is 2. The van der Waals surface area contributed by atoms with Crippen molar-refractivity contribution in [3.63, 3.8) is 0 Å². The Labute approximate surface area is 157 Å². The Morgan fingerprint density at radius 1 is 0.962 bits per heavy atom. The normalized spacial score (nSPS) is 11.6. The molecule has 0 saturated carbocycles. The lowest BCUT2D eigenvalue weighted by molar-refractivity contribution is -0.123. The van der Waals surface area contributed by atoms with Crippen molar-refractivity contribution in [2.45, 2.75) is 13.0 Å². The minimum absolute atomic E-state index is 0.0706. The molecule has 0 aliphatic heterocycles. The van der Waals surface area contributed by atoms with Crippen LogP contribution in [0.25, 0.3) is 0 Å². The van der Waals surface area contributed by atoms with Gasteiger partial charge in [0, 0.05) is 4.88 Å². The monoisotopic (exact) mass is 367 g/mol. The van der Waals surface area contributed by atoms with E-state index < -0.39 is 0 Å². The summed E-state index contributed by atoms with van der Waals surface area (Å²) in [6.45, 7) is 2.38. The Hall–Kier alpha value is -2.79. The van der Waals surface area contributed by atoms with Crippen LogP contribution in [0.2, 0.25) is 0 Å². The van der Waals surface area contributed by atoms with Crippen molar-refractivity contribution in [2.24, 2.45) is 0 Å². The first-order valence-corrected chi connectivity index (χ1v) is 9.38. The molecule has 0 saturated heterocycles. The second-order valence-corrected chi connectivity index (χ2v) is 6.57. The smallest absolute Gasteiger partial charge is 0.258 e. The van der Waals surface area contributed by atoms with Crippen LogP contribution in [0.15, 0.2) is 72.1 Å². The summed E-state index contributed by atoms with van der Waals surface area (Å²) in [5.41, 5.74) is 1.04. The van der Waals surface area contributed by atoms with Crippen molar-refractivity contribution < 1.29 is 14.3 Å². The Balaban J connectivity index is 1.67. The number of thiophene rings is 1. The second-order valence-electron chi connectivity index (χ2n) is 5.60. The zero-order valence-corrected chi connectivity index (χ0v) is 15.4. The zero-order valence-electron chi connectivity index (χ0n) is 14.6. The molecule has 134 valence electrons. The fourth-order valence-corrected chi connectivity index (χ4v) is 3.41. The quantitative estimate of drug-likeness (QED) is 0.641. The number of benzene rings is 2. The van der Waals surface area contributed by atoms with Gasteiger partial charge in [-0.15, -0.1) is 11.3 Å². The molecular weight excluding hydrogens is 346 g/mol. The van der Waals surface area contributed by atoms with Gasteiger partial charge in [-0.3, -0.25) is 4.79 Å². The number of nitrogens with one attached hydrogen (secondary N) is 1. The van der Waals surface area contributed by atoms with E-state index in [1.165, 1.54) is 0 Å². The van der Waals surface area contributed by atoms with Crippen LogP contribution in [-0.2, 0) is 4.79 Å². The van der Waals surface area contributed by atoms with E-state index in [4.69, 9.17) is 9.47 Å². The molecule has 0 bridgehead atoms. The van der Waals surface area contributed by atoms with Gasteiger partial charge in [0.1, 0.15) is 0 Å². The van der Waals surface area contributed by atoms with E-state index in [1.54, 1.807) is 17.4 Å². The molecule has 1 amide bonds. The van der Waals surface area contributed by atoms with Gasteiger partial charge in [-0.25, -0.2) is 0 Å². The van der Waals surface area contributed by atoms with Crippen molar-refractivity contribution >= 4 is 17.2 Å². The SMILES string of the molecule is CCOc1ccccc1OCC(=O)N[C@@H](c1ccccc1)c1cccs1. The molecule has 2 aromatic carbocycles. The second kappa shape index (κ2) is 9.06. The summed E-state index contributed by atoms with van der Waals surface area (Å²) in [4.78, 5) is 13.6. The summed E-state index contributed by atoms with van der Waals surface area (Å²) in [6, 6.07) is 21.1. The number of amides is 1. The molecule has 0 fully saturated rings. The number of rotatable bonds is 8. The van der Waals surface area contributed by atoms with Gasteiger partial charge < -0.3 is 14.8 Å². The third kappa shape index (κ3) is 4.64. The van der Waals surface area contributed by atoms with Crippen molar-refractivity contribution in [3.8, 4) is 11.5 Å². The molecule has 0 aliphatic carbocycles. The fourth-order valence-electron chi connectivity index (χ4n) is 2.61. The highest BCUT2D eigenvalue weighted by Crippen LogP contribution is 2.27. The largest absolute Gasteiger partial charge is 0.490 e. The highest BCUT2D eigenvalue weighted by atomic mass is 32.1. The standard InChI is InChI=1S/C21H21NO3S/c1-2-24-17-11-6-7-12-18(17)25-15-20(23)22-21(19-13-8-14-26-19)16-9-4-3-5-10-16/h3-14,21H,2,15H2,1H3,(H,22,23)/t21-/m0/s1. The van der Waals surface area contributed by atoms with E-state index in [1.807, 2.05) is 73.0 Å². The first-order valence-electron chi connectivity index (χ1n) is 8.50. The minimum atomic E-state index is -0.186. The van der Waals surface area contributed by atoms with E-state index in [0.717, 1.165) is 10.4 Å². The van der Waals surface area contributed by atoms with E-state index in [9.17, 15) is 4.79 Å². The number of ether oxygens (including phenoxy) is 2. The van der Waals surface area contributed by atoms with Gasteiger partial charge in [-0.05, 0) is 36.1 Å². The van der Waals surface area contributed by atoms with Gasteiger partial charge in [-0.1, -0.05) is 48.5 Å². The van der Waals surface area contributed by atoms with Crippen molar-refractivity contribution in [1.82, 2.24) is 5.32 Å². The van der Waals surface area contributed by atoms with Crippen molar-refractivity contribution in [1.29, 1.82) is 0 Å². The summed E-state index contributed by atoms with van der Waals surface area (Å²) in [5.74, 6) is 1.02. The Bertz CT molecular complexity index is 818. The summed E-state index contributed by atoms with van der Waals surface area (Å²) in [6.07, 6.45) is 0. The predicted molar refractivity (Wildman–Crippen MR) is 104 cm³/mol. The summed E-state index contributed by atoms with van der Waals surface area (Å²) < 4.78 is 11.2. The zero-order chi connectivity index (χ0) is 18.2. The van der Waals surface area contributed by atoms with E-state index in [-0.39, 0.29) is 18.6 Å². The van der Waals surface area contributed by atoms with Gasteiger partial charge in [-0.2, -0.15) is 0 Å². The Kier molecular flexibility index (Phi) is 6.28. The minimum Gasteiger partial charge on any atom is -0.490 e. The summed E-state index contributed by atoms with van der Waals surface area (Å²) in [7, 11) is 0. The Morgan fingerprint density at radius 3 is 2.31 bits per heavy atom. The van der Waals surface area contributed by atoms with Gasteiger partial charge in [0.25, 0.3) is 5.91 Å². The third-order valence-electron chi connectivity index (χ3n) is 3.77. The summed E-state index contributed by atoms with van der Waals surface area (Å²) >= 11 is 1.62. The lowest BCUT2D eigenvalue weighted by Gasteiger charge is -2.18. The number of carbonyl (C=O) groups is 1. The molecule has 3 rings (SSSR count). The molecule has 0 radical (unpaired) electrons. The molecule has 1 atom stereocenters. The van der Waals surface area contributed by atoms with E-state index in [0.29, 0.717) is 18.1 Å². The van der Waals surface area contributed by atoms with Crippen LogP contribution < -0.4 is 14.8 Å². The first kappa shape index (κ1) is 18.0. The van der Waals surface area contributed by atoms with Crippen LogP contribution in [0.3, 0.4) is 0 Å². The van der Waals surface area contributed by atoms with E-state index >= 15 is 0 Å². The number of hydrogen-bond acceptors (Lipinski definition) is 4. The lowest BCUT2D eigenvalue weighted by Crippen LogP contribution is -2.32. The molecule has 0 unspecified atom stereocenters. The maximum atomic E-state index is 12.5. The van der Waals surface area contributed by atoms with Crippen molar-refractivity contribution in [2.75, 3.05) is 13.2 Å². The summed E-state index contributed by atoms with van der Waals surface area (Å²) in [5, 5.41) is 5.07. The molecule has 1 N–H and O–H groups in total. The molecule has 5 heteroatoms. The highest BCUT2D eigenvalue weighted by molar-refractivity contribution is 7.10. The van der Waals surface area contributed by atoms with Crippen LogP contribution in [0, 0.1) is 0 Å². The highest BCUT2D eigenvalue weighted by Gasteiger charge is 2.18. The van der Waals surface area contributed by atoms with Crippen LogP contribution in [-0.4, -0.2) is 19.1 Å². The van der Waals surface area contributed by atoms with Crippen molar-refractivity contribution in [3.05, 3.63) is 82.6 Å². The van der Waals surface area contributed by atoms with Gasteiger partial charge >= 0.3 is 0 Å². The molecule has 0 spiro atoms. The topological polar surface area (TPSA) is 47.6 Å². The maximum absolute atomic E-state index is 12.5. The molecule has 1 aromatic heterocycles. The number of carbonyl (C=O) groups excluding carboxylic acids is 1. The van der Waals surface area contributed by atoms with Crippen LogP contribution in [0.5, 0.6) is 11.5 Å². The van der Waals surface area contributed by atoms with E-state index in [2.05, 4.69) is 5.32 Å². The van der Waals surface area contributed by atoms with Gasteiger partial charge in [0.15, 0.2) is 18.1 Å². The third-order valence-corrected chi connectivity index (χ3v) is 4.71. The number of hydrogen-bond donors (Lipinski definition) is 1.